The molecule has 0 aromatic heterocycles. The van der Waals surface area contributed by atoms with E-state index in [2.05, 4.69) is 15.8 Å². The summed E-state index contributed by atoms with van der Waals surface area (Å²) in [5.41, 5.74) is 3.22. The highest BCUT2D eigenvalue weighted by molar-refractivity contribution is 5.97. The first-order valence-electron chi connectivity index (χ1n) is 8.43. The van der Waals surface area contributed by atoms with Crippen molar-refractivity contribution in [3.63, 3.8) is 0 Å². The van der Waals surface area contributed by atoms with Crippen LogP contribution in [0.15, 0.2) is 41.5 Å². The minimum atomic E-state index is -0.610. The number of nitro groups is 1. The molecule has 0 spiro atoms. The molecule has 0 heterocycles. The molecule has 0 bridgehead atoms. The first-order valence-corrected chi connectivity index (χ1v) is 8.43. The Morgan fingerprint density at radius 2 is 1.97 bits per heavy atom. The third kappa shape index (κ3) is 5.51. The lowest BCUT2D eigenvalue weighted by Crippen LogP contribution is -2.34. The minimum absolute atomic E-state index is 0.0831. The lowest BCUT2D eigenvalue weighted by Gasteiger charge is -2.09. The standard InChI is InChI=1S/C19H20N4O6/c1-12-7-8-13(9-15(12)23(26)27)19(25)20-11-17(24)22-21-10-14-5-4-6-16(28-2)18(14)29-3/h4-10H,11H2,1-3H3,(H,20,25)(H,22,24)/b21-10-. The zero-order chi connectivity index (χ0) is 21.4. The van der Waals surface area contributed by atoms with Gasteiger partial charge in [0.2, 0.25) is 0 Å². The molecule has 2 aromatic rings. The van der Waals surface area contributed by atoms with E-state index in [1.165, 1.54) is 32.6 Å². The second-order valence-corrected chi connectivity index (χ2v) is 5.82. The van der Waals surface area contributed by atoms with Gasteiger partial charge < -0.3 is 14.8 Å². The van der Waals surface area contributed by atoms with Crippen LogP contribution >= 0.6 is 0 Å². The number of para-hydroxylation sites is 1. The van der Waals surface area contributed by atoms with Gasteiger partial charge in [0, 0.05) is 22.8 Å². The highest BCUT2D eigenvalue weighted by Gasteiger charge is 2.15. The molecular weight excluding hydrogens is 380 g/mol. The monoisotopic (exact) mass is 400 g/mol. The van der Waals surface area contributed by atoms with Crippen molar-refractivity contribution in [2.75, 3.05) is 20.8 Å². The summed E-state index contributed by atoms with van der Waals surface area (Å²) < 4.78 is 10.4. The molecule has 2 rings (SSSR count). The number of hydrogen-bond donors (Lipinski definition) is 2. The Balaban J connectivity index is 1.94. The third-order valence-electron chi connectivity index (χ3n) is 3.90. The molecule has 0 saturated heterocycles. The van der Waals surface area contributed by atoms with Crippen LogP contribution in [0.1, 0.15) is 21.5 Å². The Hall–Kier alpha value is -3.95. The second-order valence-electron chi connectivity index (χ2n) is 5.82. The molecule has 10 nitrogen and oxygen atoms in total. The molecule has 0 aliphatic heterocycles. The van der Waals surface area contributed by atoms with E-state index >= 15 is 0 Å². The van der Waals surface area contributed by atoms with Crippen molar-refractivity contribution in [2.45, 2.75) is 6.92 Å². The Kier molecular flexibility index (Phi) is 7.24. The number of methoxy groups -OCH3 is 2. The molecule has 2 aromatic carbocycles. The fourth-order valence-corrected chi connectivity index (χ4v) is 2.44. The van der Waals surface area contributed by atoms with Gasteiger partial charge in [0.05, 0.1) is 31.9 Å². The maximum Gasteiger partial charge on any atom is 0.273 e. The topological polar surface area (TPSA) is 132 Å². The smallest absolute Gasteiger partial charge is 0.273 e. The summed E-state index contributed by atoms with van der Waals surface area (Å²) in [6, 6.07) is 9.27. The zero-order valence-corrected chi connectivity index (χ0v) is 16.1. The van der Waals surface area contributed by atoms with Crippen LogP contribution in [0.4, 0.5) is 5.69 Å². The summed E-state index contributed by atoms with van der Waals surface area (Å²) in [5, 5.41) is 17.2. The molecule has 2 N–H and O–H groups in total. The van der Waals surface area contributed by atoms with Gasteiger partial charge in [-0.2, -0.15) is 5.10 Å². The second kappa shape index (κ2) is 9.83. The number of nitrogens with zero attached hydrogens (tertiary/aromatic N) is 2. The first-order chi connectivity index (χ1) is 13.9. The largest absolute Gasteiger partial charge is 0.493 e. The van der Waals surface area contributed by atoms with Crippen LogP contribution in [0.3, 0.4) is 0 Å². The van der Waals surface area contributed by atoms with Gasteiger partial charge in [0.1, 0.15) is 0 Å². The maximum absolute atomic E-state index is 12.1. The van der Waals surface area contributed by atoms with Crippen LogP contribution in [0, 0.1) is 17.0 Å². The van der Waals surface area contributed by atoms with Gasteiger partial charge in [0.25, 0.3) is 17.5 Å². The van der Waals surface area contributed by atoms with E-state index in [0.717, 1.165) is 6.07 Å². The molecule has 0 saturated carbocycles. The predicted octanol–water partition coefficient (Wildman–Crippen LogP) is 1.80. The number of carbonyl (C=O) groups excluding carboxylic acids is 2. The lowest BCUT2D eigenvalue weighted by molar-refractivity contribution is -0.385. The molecular formula is C19H20N4O6. The van der Waals surface area contributed by atoms with Crippen LogP contribution in [0.2, 0.25) is 0 Å². The van der Waals surface area contributed by atoms with E-state index in [0.29, 0.717) is 22.6 Å². The summed E-state index contributed by atoms with van der Waals surface area (Å²) in [6.45, 7) is 1.22. The third-order valence-corrected chi connectivity index (χ3v) is 3.90. The SMILES string of the molecule is COc1cccc(/C=N\NC(=O)CNC(=O)c2ccc(C)c([N+](=O)[O-])c2)c1OC. The van der Waals surface area contributed by atoms with E-state index < -0.39 is 16.7 Å². The molecule has 0 aliphatic rings. The van der Waals surface area contributed by atoms with Crippen molar-refractivity contribution in [3.8, 4) is 11.5 Å². The molecule has 10 heteroatoms. The average molecular weight is 400 g/mol. The molecule has 29 heavy (non-hydrogen) atoms. The lowest BCUT2D eigenvalue weighted by atomic mass is 10.1. The van der Waals surface area contributed by atoms with Crippen molar-refractivity contribution in [1.82, 2.24) is 10.7 Å². The molecule has 2 amide bonds. The molecule has 0 atom stereocenters. The van der Waals surface area contributed by atoms with Crippen LogP contribution in [-0.4, -0.2) is 43.7 Å². The van der Waals surface area contributed by atoms with E-state index in [9.17, 15) is 19.7 Å². The van der Waals surface area contributed by atoms with E-state index in [4.69, 9.17) is 9.47 Å². The van der Waals surface area contributed by atoms with Gasteiger partial charge in [0.15, 0.2) is 11.5 Å². The molecule has 0 aliphatic carbocycles. The number of hydrazone groups is 1. The number of aryl methyl sites for hydroxylation is 1. The number of ether oxygens (including phenoxy) is 2. The number of nitrogens with one attached hydrogen (secondary N) is 2. The fraction of sp³-hybridized carbons (Fsp3) is 0.211. The Morgan fingerprint density at radius 1 is 1.21 bits per heavy atom. The number of nitro benzene ring substituents is 1. The Labute approximate surface area is 166 Å². The van der Waals surface area contributed by atoms with Gasteiger partial charge in [-0.25, -0.2) is 5.43 Å². The fourth-order valence-electron chi connectivity index (χ4n) is 2.44. The number of benzene rings is 2. The van der Waals surface area contributed by atoms with Crippen LogP contribution in [0.25, 0.3) is 0 Å². The number of carbonyl (C=O) groups is 2. The van der Waals surface area contributed by atoms with E-state index in [1.54, 1.807) is 25.1 Å². The first kappa shape index (κ1) is 21.4. The Bertz CT molecular complexity index is 958. The summed E-state index contributed by atoms with van der Waals surface area (Å²) in [6.07, 6.45) is 1.38. The van der Waals surface area contributed by atoms with E-state index in [1.807, 2.05) is 0 Å². The normalized spacial score (nSPS) is 10.4. The summed E-state index contributed by atoms with van der Waals surface area (Å²) in [4.78, 5) is 34.4. The molecule has 152 valence electrons. The van der Waals surface area contributed by atoms with Gasteiger partial charge in [-0.05, 0) is 25.1 Å². The van der Waals surface area contributed by atoms with Crippen molar-refractivity contribution in [1.29, 1.82) is 0 Å². The molecule has 0 radical (unpaired) electrons. The molecule has 0 unspecified atom stereocenters. The highest BCUT2D eigenvalue weighted by Crippen LogP contribution is 2.29. The predicted molar refractivity (Wildman–Crippen MR) is 105 cm³/mol. The van der Waals surface area contributed by atoms with Crippen molar-refractivity contribution in [3.05, 3.63) is 63.2 Å². The number of rotatable bonds is 8. The molecule has 0 fully saturated rings. The minimum Gasteiger partial charge on any atom is -0.493 e. The summed E-state index contributed by atoms with van der Waals surface area (Å²) >= 11 is 0. The quantitative estimate of drug-likeness (QED) is 0.394. The van der Waals surface area contributed by atoms with Gasteiger partial charge in [-0.1, -0.05) is 12.1 Å². The van der Waals surface area contributed by atoms with Crippen molar-refractivity contribution < 1.29 is 24.0 Å². The van der Waals surface area contributed by atoms with Gasteiger partial charge in [-0.15, -0.1) is 0 Å². The average Bonchev–Trinajstić information content (AvgIpc) is 2.71. The van der Waals surface area contributed by atoms with Crippen LogP contribution < -0.4 is 20.2 Å². The number of amides is 2. The van der Waals surface area contributed by atoms with Crippen molar-refractivity contribution in [2.24, 2.45) is 5.10 Å². The van der Waals surface area contributed by atoms with Gasteiger partial charge >= 0.3 is 0 Å². The summed E-state index contributed by atoms with van der Waals surface area (Å²) in [7, 11) is 2.99. The van der Waals surface area contributed by atoms with Crippen molar-refractivity contribution >= 4 is 23.7 Å². The zero-order valence-electron chi connectivity index (χ0n) is 16.1. The van der Waals surface area contributed by atoms with E-state index in [-0.39, 0.29) is 17.8 Å². The Morgan fingerprint density at radius 3 is 2.62 bits per heavy atom. The maximum atomic E-state index is 12.1. The number of hydrogen-bond acceptors (Lipinski definition) is 7. The van der Waals surface area contributed by atoms with Crippen LogP contribution in [-0.2, 0) is 4.79 Å². The highest BCUT2D eigenvalue weighted by atomic mass is 16.6. The van der Waals surface area contributed by atoms with Gasteiger partial charge in [-0.3, -0.25) is 19.7 Å². The van der Waals surface area contributed by atoms with Crippen LogP contribution in [0.5, 0.6) is 11.5 Å². The summed E-state index contributed by atoms with van der Waals surface area (Å²) in [5.74, 6) is -0.204.